The summed E-state index contributed by atoms with van der Waals surface area (Å²) in [4.78, 5) is 12.5. The van der Waals surface area contributed by atoms with Crippen LogP contribution in [0.25, 0.3) is 0 Å². The maximum atomic E-state index is 12.5. The predicted octanol–water partition coefficient (Wildman–Crippen LogP) is 2.77. The number of unbranched alkanes of at least 4 members (excludes halogenated alkanes) is 1. The van der Waals surface area contributed by atoms with Crippen LogP contribution in [0.1, 0.15) is 68.4 Å². The maximum Gasteiger partial charge on any atom is 0.254 e. The maximum absolute atomic E-state index is 12.5. The molecule has 2 atom stereocenters. The highest BCUT2D eigenvalue weighted by molar-refractivity contribution is 5.95. The fourth-order valence-electron chi connectivity index (χ4n) is 3.56. The number of aromatic nitrogens is 2. The van der Waals surface area contributed by atoms with Crippen LogP contribution < -0.4 is 5.32 Å². The van der Waals surface area contributed by atoms with Crippen molar-refractivity contribution in [2.45, 2.75) is 65.3 Å². The summed E-state index contributed by atoms with van der Waals surface area (Å²) >= 11 is 0. The Labute approximate surface area is 139 Å². The van der Waals surface area contributed by atoms with Gasteiger partial charge in [0.2, 0.25) is 0 Å². The number of aryl methyl sites for hydroxylation is 1. The summed E-state index contributed by atoms with van der Waals surface area (Å²) in [6, 6.07) is 0. The van der Waals surface area contributed by atoms with Gasteiger partial charge in [-0.2, -0.15) is 5.10 Å². The van der Waals surface area contributed by atoms with Gasteiger partial charge in [0.05, 0.1) is 17.5 Å². The molecule has 1 aliphatic rings. The van der Waals surface area contributed by atoms with Crippen LogP contribution in [0.15, 0.2) is 6.20 Å². The zero-order valence-corrected chi connectivity index (χ0v) is 14.6. The van der Waals surface area contributed by atoms with Crippen molar-refractivity contribution < 1.29 is 9.90 Å². The molecule has 1 fully saturated rings. The fraction of sp³-hybridized carbons (Fsp3) is 0.778. The van der Waals surface area contributed by atoms with Crippen molar-refractivity contribution in [1.82, 2.24) is 15.1 Å². The first-order valence-corrected chi connectivity index (χ1v) is 9.13. The molecule has 0 radical (unpaired) electrons. The van der Waals surface area contributed by atoms with E-state index in [0.717, 1.165) is 62.7 Å². The van der Waals surface area contributed by atoms with Crippen molar-refractivity contribution in [2.24, 2.45) is 11.8 Å². The number of amides is 1. The molecule has 130 valence electrons. The molecule has 1 aliphatic carbocycles. The lowest BCUT2D eigenvalue weighted by atomic mass is 9.82. The Morgan fingerprint density at radius 2 is 2.17 bits per heavy atom. The standard InChI is InChI=1S/C18H31N3O2/c1-3-5-9-21-17(4-2)16(12-20-21)18(23)19-11-14-7-6-8-15(10-14)13-22/h12,14-15,22H,3-11,13H2,1-2H3,(H,19,23)/t14-,15+/m0/s1. The topological polar surface area (TPSA) is 67.2 Å². The largest absolute Gasteiger partial charge is 0.396 e. The molecule has 1 aromatic heterocycles. The number of hydrogen-bond acceptors (Lipinski definition) is 3. The number of aliphatic hydroxyl groups is 1. The van der Waals surface area contributed by atoms with Crippen molar-refractivity contribution >= 4 is 5.91 Å². The van der Waals surface area contributed by atoms with Crippen molar-refractivity contribution in [1.29, 1.82) is 0 Å². The lowest BCUT2D eigenvalue weighted by Crippen LogP contribution is -2.32. The normalized spacial score (nSPS) is 21.3. The number of carbonyl (C=O) groups excluding carboxylic acids is 1. The second-order valence-electron chi connectivity index (χ2n) is 6.73. The zero-order valence-electron chi connectivity index (χ0n) is 14.6. The highest BCUT2D eigenvalue weighted by Gasteiger charge is 2.23. The molecule has 0 spiro atoms. The van der Waals surface area contributed by atoms with Crippen LogP contribution in [0.5, 0.6) is 0 Å². The van der Waals surface area contributed by atoms with E-state index in [4.69, 9.17) is 0 Å². The molecular formula is C18H31N3O2. The minimum Gasteiger partial charge on any atom is -0.396 e. The number of nitrogens with one attached hydrogen (secondary N) is 1. The third kappa shape index (κ3) is 4.80. The molecule has 5 heteroatoms. The Hall–Kier alpha value is -1.36. The molecule has 1 aromatic rings. The second-order valence-corrected chi connectivity index (χ2v) is 6.73. The molecule has 0 bridgehead atoms. The van der Waals surface area contributed by atoms with Crippen LogP contribution >= 0.6 is 0 Å². The SMILES string of the molecule is CCCCn1ncc(C(=O)NC[C@H]2CCC[C@@H](CO)C2)c1CC. The van der Waals surface area contributed by atoms with Crippen molar-refractivity contribution in [3.63, 3.8) is 0 Å². The highest BCUT2D eigenvalue weighted by atomic mass is 16.3. The van der Waals surface area contributed by atoms with E-state index in [1.165, 1.54) is 0 Å². The molecule has 0 aromatic carbocycles. The van der Waals surface area contributed by atoms with Crippen molar-refractivity contribution in [2.75, 3.05) is 13.2 Å². The molecule has 1 saturated carbocycles. The summed E-state index contributed by atoms with van der Waals surface area (Å²) < 4.78 is 1.97. The minimum atomic E-state index is -0.00396. The first-order chi connectivity index (χ1) is 11.2. The molecule has 1 amide bonds. The van der Waals surface area contributed by atoms with Gasteiger partial charge in [0.25, 0.3) is 5.91 Å². The van der Waals surface area contributed by atoms with Crippen molar-refractivity contribution in [3.05, 3.63) is 17.5 Å². The smallest absolute Gasteiger partial charge is 0.254 e. The van der Waals surface area contributed by atoms with E-state index < -0.39 is 0 Å². The van der Waals surface area contributed by atoms with E-state index in [1.54, 1.807) is 6.20 Å². The van der Waals surface area contributed by atoms with E-state index >= 15 is 0 Å². The molecule has 0 saturated heterocycles. The summed E-state index contributed by atoms with van der Waals surface area (Å²) in [5.74, 6) is 0.898. The molecule has 1 heterocycles. The first kappa shape index (κ1) is 18.0. The van der Waals surface area contributed by atoms with Gasteiger partial charge < -0.3 is 10.4 Å². The van der Waals surface area contributed by atoms with E-state index in [9.17, 15) is 9.90 Å². The van der Waals surface area contributed by atoms with Crippen LogP contribution in [0.3, 0.4) is 0 Å². The minimum absolute atomic E-state index is 0.00396. The molecule has 0 aliphatic heterocycles. The van der Waals surface area contributed by atoms with Crippen LogP contribution in [0.2, 0.25) is 0 Å². The van der Waals surface area contributed by atoms with E-state index in [1.807, 2.05) is 4.68 Å². The molecule has 23 heavy (non-hydrogen) atoms. The van der Waals surface area contributed by atoms with Gasteiger partial charge in [0.1, 0.15) is 0 Å². The zero-order chi connectivity index (χ0) is 16.7. The Morgan fingerprint density at radius 3 is 2.87 bits per heavy atom. The lowest BCUT2D eigenvalue weighted by molar-refractivity contribution is 0.0933. The third-order valence-corrected chi connectivity index (χ3v) is 4.95. The number of hydrogen-bond donors (Lipinski definition) is 2. The lowest BCUT2D eigenvalue weighted by Gasteiger charge is -2.27. The summed E-state index contributed by atoms with van der Waals surface area (Å²) in [7, 11) is 0. The van der Waals surface area contributed by atoms with Gasteiger partial charge in [-0.15, -0.1) is 0 Å². The molecule has 0 unspecified atom stereocenters. The van der Waals surface area contributed by atoms with Gasteiger partial charge in [-0.25, -0.2) is 0 Å². The molecule has 2 N–H and O–H groups in total. The molecule has 2 rings (SSSR count). The number of nitrogens with zero attached hydrogens (tertiary/aromatic N) is 2. The van der Waals surface area contributed by atoms with E-state index in [0.29, 0.717) is 18.4 Å². The predicted molar refractivity (Wildman–Crippen MR) is 91.4 cm³/mol. The van der Waals surface area contributed by atoms with E-state index in [2.05, 4.69) is 24.3 Å². The van der Waals surface area contributed by atoms with Crippen LogP contribution in [-0.4, -0.2) is 33.9 Å². The number of aliphatic hydroxyl groups excluding tert-OH is 1. The third-order valence-electron chi connectivity index (χ3n) is 4.95. The van der Waals surface area contributed by atoms with Gasteiger partial charge in [0, 0.05) is 19.7 Å². The number of carbonyl (C=O) groups is 1. The highest BCUT2D eigenvalue weighted by Crippen LogP contribution is 2.28. The van der Waals surface area contributed by atoms with E-state index in [-0.39, 0.29) is 12.5 Å². The monoisotopic (exact) mass is 321 g/mol. The molecular weight excluding hydrogens is 290 g/mol. The second kappa shape index (κ2) is 9.06. The fourth-order valence-corrected chi connectivity index (χ4v) is 3.56. The van der Waals surface area contributed by atoms with Crippen molar-refractivity contribution in [3.8, 4) is 0 Å². The number of rotatable bonds is 8. The quantitative estimate of drug-likeness (QED) is 0.773. The molecule has 5 nitrogen and oxygen atoms in total. The van der Waals surface area contributed by atoms with Gasteiger partial charge in [0.15, 0.2) is 0 Å². The summed E-state index contributed by atoms with van der Waals surface area (Å²) in [5, 5.41) is 16.8. The Kier molecular flexibility index (Phi) is 7.09. The van der Waals surface area contributed by atoms with Gasteiger partial charge in [-0.05, 0) is 43.9 Å². The Bertz CT molecular complexity index is 498. The Morgan fingerprint density at radius 1 is 1.39 bits per heavy atom. The summed E-state index contributed by atoms with van der Waals surface area (Å²) in [6.07, 6.45) is 9.18. The van der Waals surface area contributed by atoms with Crippen LogP contribution in [0, 0.1) is 11.8 Å². The Balaban J connectivity index is 1.91. The average Bonchev–Trinajstić information content (AvgIpc) is 3.00. The van der Waals surface area contributed by atoms with Gasteiger partial charge in [-0.1, -0.05) is 26.7 Å². The summed E-state index contributed by atoms with van der Waals surface area (Å²) in [5.41, 5.74) is 1.76. The van der Waals surface area contributed by atoms with Crippen LogP contribution in [-0.2, 0) is 13.0 Å². The van der Waals surface area contributed by atoms with Crippen LogP contribution in [0.4, 0.5) is 0 Å². The van der Waals surface area contributed by atoms with Gasteiger partial charge >= 0.3 is 0 Å². The average molecular weight is 321 g/mol. The summed E-state index contributed by atoms with van der Waals surface area (Å²) in [6.45, 7) is 6.09. The van der Waals surface area contributed by atoms with Gasteiger partial charge in [-0.3, -0.25) is 9.48 Å². The first-order valence-electron chi connectivity index (χ1n) is 9.13.